The average Bonchev–Trinajstić information content (AvgIpc) is 2.66. The van der Waals surface area contributed by atoms with Crippen LogP contribution in [0.4, 0.5) is 8.78 Å². The first kappa shape index (κ1) is 25.1. The van der Waals surface area contributed by atoms with Crippen LogP contribution in [-0.4, -0.2) is 31.3 Å². The first-order valence-electron chi connectivity index (χ1n) is 8.69. The highest BCUT2D eigenvalue weighted by atomic mass is 35.5. The van der Waals surface area contributed by atoms with E-state index in [0.29, 0.717) is 17.5 Å². The fraction of sp³-hybridized carbons (Fsp3) is 0.500. The second-order valence-corrected chi connectivity index (χ2v) is 9.44. The van der Waals surface area contributed by atoms with E-state index in [1.54, 1.807) is 0 Å². The van der Waals surface area contributed by atoms with Gasteiger partial charge in [-0.2, -0.15) is 8.78 Å². The molecular formula is C18H24ClF2O5PS. The largest absolute Gasteiger partial charge is 0.465 e. The molecule has 28 heavy (non-hydrogen) atoms. The maximum Gasteiger partial charge on any atom is 0.410 e. The molecule has 5 nitrogen and oxygen atoms in total. The van der Waals surface area contributed by atoms with Crippen molar-refractivity contribution in [2.75, 3.05) is 20.3 Å². The van der Waals surface area contributed by atoms with Crippen molar-refractivity contribution in [1.82, 2.24) is 0 Å². The number of thioether (sulfide) groups is 1. The predicted octanol–water partition coefficient (Wildman–Crippen LogP) is 6.73. The van der Waals surface area contributed by atoms with Gasteiger partial charge in [0.05, 0.1) is 30.9 Å². The molecule has 0 atom stereocenters. The summed E-state index contributed by atoms with van der Waals surface area (Å²) in [5, 5.41) is 0.0856. The van der Waals surface area contributed by atoms with Crippen molar-refractivity contribution in [2.24, 2.45) is 0 Å². The molecule has 0 saturated carbocycles. The third kappa shape index (κ3) is 6.29. The van der Waals surface area contributed by atoms with Crippen molar-refractivity contribution in [3.63, 3.8) is 0 Å². The highest BCUT2D eigenvalue weighted by molar-refractivity contribution is 8.09. The number of esters is 1. The van der Waals surface area contributed by atoms with E-state index in [-0.39, 0.29) is 41.3 Å². The fourth-order valence-electron chi connectivity index (χ4n) is 2.20. The quantitative estimate of drug-likeness (QED) is 0.272. The summed E-state index contributed by atoms with van der Waals surface area (Å²) in [6.45, 7) is 4.38. The standard InChI is InChI=1S/C18H24ClF2O5PS/c1-5-8-15(28-18(20,21)27(23,25-6-2)26-7-3)16(19)13-9-11-14(12-10-13)17(22)24-4/h9-12H,5-8H2,1-4H3/b16-15+. The van der Waals surface area contributed by atoms with Crippen LogP contribution in [0.25, 0.3) is 5.03 Å². The number of ether oxygens (including phenoxy) is 1. The van der Waals surface area contributed by atoms with Gasteiger partial charge in [0.15, 0.2) is 0 Å². The van der Waals surface area contributed by atoms with E-state index in [0.717, 1.165) is 0 Å². The van der Waals surface area contributed by atoms with Crippen molar-refractivity contribution >= 4 is 42.0 Å². The van der Waals surface area contributed by atoms with Crippen molar-refractivity contribution in [2.45, 2.75) is 38.6 Å². The monoisotopic (exact) mass is 456 g/mol. The molecule has 0 aliphatic rings. The summed E-state index contributed by atoms with van der Waals surface area (Å²) in [7, 11) is -3.42. The Morgan fingerprint density at radius 1 is 1.11 bits per heavy atom. The minimum Gasteiger partial charge on any atom is -0.465 e. The Kier molecular flexibility index (Phi) is 10.1. The predicted molar refractivity (Wildman–Crippen MR) is 109 cm³/mol. The van der Waals surface area contributed by atoms with Gasteiger partial charge in [0.25, 0.3) is 0 Å². The van der Waals surface area contributed by atoms with Crippen LogP contribution < -0.4 is 0 Å². The molecule has 1 aromatic carbocycles. The van der Waals surface area contributed by atoms with E-state index < -0.39 is 18.6 Å². The third-order valence-corrected chi connectivity index (χ3v) is 7.68. The van der Waals surface area contributed by atoms with Gasteiger partial charge in [-0.15, -0.1) is 0 Å². The van der Waals surface area contributed by atoms with Gasteiger partial charge in [-0.05, 0) is 49.7 Å². The number of methoxy groups -OCH3 is 1. The molecule has 158 valence electrons. The normalized spacial score (nSPS) is 13.2. The molecule has 1 rings (SSSR count). The van der Waals surface area contributed by atoms with Crippen LogP contribution in [-0.2, 0) is 18.3 Å². The summed E-state index contributed by atoms with van der Waals surface area (Å²) in [4.78, 5) is 7.87. The molecule has 0 aliphatic carbocycles. The summed E-state index contributed by atoms with van der Waals surface area (Å²) in [6, 6.07) is 6.05. The number of allylic oxidation sites excluding steroid dienone is 1. The molecule has 0 saturated heterocycles. The van der Waals surface area contributed by atoms with Gasteiger partial charge in [0.1, 0.15) is 0 Å². The summed E-state index contributed by atoms with van der Waals surface area (Å²) >= 11 is 6.45. The summed E-state index contributed by atoms with van der Waals surface area (Å²) in [5.74, 6) is -0.518. The minimum atomic E-state index is -4.68. The molecular weight excluding hydrogens is 433 g/mol. The van der Waals surface area contributed by atoms with Crippen LogP contribution in [0.1, 0.15) is 49.5 Å². The number of benzene rings is 1. The van der Waals surface area contributed by atoms with Gasteiger partial charge in [0.2, 0.25) is 0 Å². The number of rotatable bonds is 11. The molecule has 10 heteroatoms. The lowest BCUT2D eigenvalue weighted by atomic mass is 10.1. The molecule has 0 unspecified atom stereocenters. The van der Waals surface area contributed by atoms with E-state index >= 15 is 0 Å². The zero-order valence-corrected chi connectivity index (χ0v) is 18.6. The van der Waals surface area contributed by atoms with E-state index in [9.17, 15) is 18.1 Å². The van der Waals surface area contributed by atoms with Gasteiger partial charge in [-0.3, -0.25) is 4.57 Å². The highest BCUT2D eigenvalue weighted by Gasteiger charge is 2.55. The summed E-state index contributed by atoms with van der Waals surface area (Å²) in [5.41, 5.74) is 0.756. The number of hydrogen-bond donors (Lipinski definition) is 0. The molecule has 0 heterocycles. The van der Waals surface area contributed by atoms with Crippen LogP contribution in [0.5, 0.6) is 0 Å². The van der Waals surface area contributed by atoms with Crippen LogP contribution in [0.3, 0.4) is 0 Å². The van der Waals surface area contributed by atoms with Gasteiger partial charge in [-0.25, -0.2) is 4.79 Å². The topological polar surface area (TPSA) is 61.8 Å². The maximum absolute atomic E-state index is 14.8. The number of carbonyl (C=O) groups excluding carboxylic acids is 1. The lowest BCUT2D eigenvalue weighted by molar-refractivity contribution is 0.0600. The summed E-state index contributed by atoms with van der Waals surface area (Å²) in [6.07, 6.45) is 0.790. The van der Waals surface area contributed by atoms with Crippen LogP contribution in [0.2, 0.25) is 0 Å². The SMILES string of the molecule is CCC/C(SC(F)(F)P(=O)(OCC)OCC)=C(\Cl)c1ccc(C(=O)OC)cc1. The molecule has 0 N–H and O–H groups in total. The fourth-order valence-corrected chi connectivity index (χ4v) is 5.49. The lowest BCUT2D eigenvalue weighted by Gasteiger charge is -2.26. The first-order valence-corrected chi connectivity index (χ1v) is 11.4. The first-order chi connectivity index (χ1) is 13.2. The Morgan fingerprint density at radius 2 is 1.61 bits per heavy atom. The molecule has 0 amide bonds. The third-order valence-electron chi connectivity index (χ3n) is 3.44. The van der Waals surface area contributed by atoms with Crippen molar-refractivity contribution < 1.29 is 31.9 Å². The van der Waals surface area contributed by atoms with E-state index in [1.807, 2.05) is 6.92 Å². The van der Waals surface area contributed by atoms with Gasteiger partial charge < -0.3 is 13.8 Å². The Hall–Kier alpha value is -0.920. The van der Waals surface area contributed by atoms with Crippen molar-refractivity contribution in [3.05, 3.63) is 40.3 Å². The zero-order chi connectivity index (χ0) is 21.4. The average molecular weight is 457 g/mol. The second-order valence-electron chi connectivity index (χ2n) is 5.48. The molecule has 0 radical (unpaired) electrons. The second kappa shape index (κ2) is 11.3. The molecule has 1 aromatic rings. The van der Waals surface area contributed by atoms with Crippen LogP contribution >= 0.6 is 31.0 Å². The zero-order valence-electron chi connectivity index (χ0n) is 16.2. The van der Waals surface area contributed by atoms with Crippen molar-refractivity contribution in [1.29, 1.82) is 0 Å². The van der Waals surface area contributed by atoms with Crippen molar-refractivity contribution in [3.8, 4) is 0 Å². The Morgan fingerprint density at radius 3 is 2.04 bits per heavy atom. The highest BCUT2D eigenvalue weighted by Crippen LogP contribution is 2.68. The number of halogens is 3. The smallest absolute Gasteiger partial charge is 0.410 e. The maximum atomic E-state index is 14.8. The summed E-state index contributed by atoms with van der Waals surface area (Å²) < 4.78 is 56.4. The number of hydrogen-bond acceptors (Lipinski definition) is 6. The molecule has 0 spiro atoms. The lowest BCUT2D eigenvalue weighted by Crippen LogP contribution is -2.17. The molecule has 0 aliphatic heterocycles. The van der Waals surface area contributed by atoms with Gasteiger partial charge >= 0.3 is 18.6 Å². The van der Waals surface area contributed by atoms with Crippen LogP contribution in [0, 0.1) is 0 Å². The Bertz CT molecular complexity index is 730. The molecule has 0 aromatic heterocycles. The van der Waals surface area contributed by atoms with E-state index in [2.05, 4.69) is 4.74 Å². The Labute approximate surface area is 173 Å². The van der Waals surface area contributed by atoms with E-state index in [1.165, 1.54) is 45.2 Å². The van der Waals surface area contributed by atoms with Crippen LogP contribution in [0.15, 0.2) is 29.2 Å². The number of carbonyl (C=O) groups is 1. The number of alkyl halides is 2. The van der Waals surface area contributed by atoms with Gasteiger partial charge in [0, 0.05) is 4.91 Å². The molecule has 0 bridgehead atoms. The Balaban J connectivity index is 3.26. The van der Waals surface area contributed by atoms with E-state index in [4.69, 9.17) is 20.6 Å². The minimum absolute atomic E-state index is 0.0856. The molecule has 0 fully saturated rings. The van der Waals surface area contributed by atoms with Gasteiger partial charge in [-0.1, -0.05) is 37.1 Å².